The largest absolute Gasteiger partial charge is 0.394 e. The van der Waals surface area contributed by atoms with Gasteiger partial charge >= 0.3 is 0 Å². The Bertz CT molecular complexity index is 161. The summed E-state index contributed by atoms with van der Waals surface area (Å²) in [5, 5.41) is 8.47. The van der Waals surface area contributed by atoms with Crippen molar-refractivity contribution in [2.75, 3.05) is 13.2 Å². The number of aliphatic imine (C=N–C) groups is 1. The molecule has 2 heteroatoms. The van der Waals surface area contributed by atoms with Crippen molar-refractivity contribution < 1.29 is 5.11 Å². The van der Waals surface area contributed by atoms with Crippen LogP contribution in [0, 0.1) is 5.92 Å². The van der Waals surface area contributed by atoms with Gasteiger partial charge in [-0.2, -0.15) is 0 Å². The first kappa shape index (κ1) is 11.4. The van der Waals surface area contributed by atoms with Gasteiger partial charge in [0.15, 0.2) is 0 Å². The molecule has 0 spiro atoms. The van der Waals surface area contributed by atoms with Gasteiger partial charge < -0.3 is 5.11 Å². The minimum absolute atomic E-state index is 0.132. The quantitative estimate of drug-likeness (QED) is 0.628. The van der Waals surface area contributed by atoms with Crippen LogP contribution >= 0.6 is 0 Å². The van der Waals surface area contributed by atoms with Gasteiger partial charge in [0, 0.05) is 6.21 Å². The number of aliphatic hydroxyl groups excluding tert-OH is 1. The molecule has 0 aliphatic heterocycles. The first-order valence-electron chi connectivity index (χ1n) is 4.49. The molecule has 0 saturated carbocycles. The van der Waals surface area contributed by atoms with Crippen molar-refractivity contribution in [3.63, 3.8) is 0 Å². The van der Waals surface area contributed by atoms with E-state index in [1.807, 2.05) is 13.1 Å². The maximum Gasteiger partial charge on any atom is 0.0626 e. The van der Waals surface area contributed by atoms with Crippen LogP contribution in [0.2, 0.25) is 0 Å². The zero-order valence-electron chi connectivity index (χ0n) is 8.25. The topological polar surface area (TPSA) is 32.6 Å². The van der Waals surface area contributed by atoms with Gasteiger partial charge in [-0.1, -0.05) is 26.3 Å². The SMILES string of the molecule is CCC(C)/C=C(/C)C=NCCO. The van der Waals surface area contributed by atoms with Gasteiger partial charge in [0.25, 0.3) is 0 Å². The van der Waals surface area contributed by atoms with Crippen molar-refractivity contribution >= 4 is 6.21 Å². The second kappa shape index (κ2) is 7.04. The monoisotopic (exact) mass is 169 g/mol. The first-order valence-corrected chi connectivity index (χ1v) is 4.49. The standard InChI is InChI=1S/C10H19NO/c1-4-9(2)7-10(3)8-11-5-6-12/h7-9,12H,4-6H2,1-3H3/b10-7-,11-8?. The molecule has 0 saturated heterocycles. The highest BCUT2D eigenvalue weighted by Gasteiger charge is 1.92. The molecule has 0 amide bonds. The van der Waals surface area contributed by atoms with Crippen LogP contribution in [0.4, 0.5) is 0 Å². The van der Waals surface area contributed by atoms with Crippen LogP contribution in [0.1, 0.15) is 27.2 Å². The van der Waals surface area contributed by atoms with Crippen LogP contribution in [0.5, 0.6) is 0 Å². The molecular weight excluding hydrogens is 150 g/mol. The summed E-state index contributed by atoms with van der Waals surface area (Å²) in [6.45, 7) is 7.02. The number of nitrogens with zero attached hydrogens (tertiary/aromatic N) is 1. The van der Waals surface area contributed by atoms with Crippen LogP contribution in [0.25, 0.3) is 0 Å². The van der Waals surface area contributed by atoms with Gasteiger partial charge in [-0.15, -0.1) is 0 Å². The average molecular weight is 169 g/mol. The highest BCUT2D eigenvalue weighted by molar-refractivity contribution is 5.77. The summed E-state index contributed by atoms with van der Waals surface area (Å²) in [5.74, 6) is 0.616. The van der Waals surface area contributed by atoms with E-state index in [2.05, 4.69) is 24.9 Å². The molecule has 0 radical (unpaired) electrons. The lowest BCUT2D eigenvalue weighted by atomic mass is 10.1. The van der Waals surface area contributed by atoms with E-state index in [0.29, 0.717) is 12.5 Å². The Morgan fingerprint density at radius 3 is 2.75 bits per heavy atom. The van der Waals surface area contributed by atoms with Gasteiger partial charge in [-0.25, -0.2) is 0 Å². The number of hydrogen-bond donors (Lipinski definition) is 1. The summed E-state index contributed by atoms with van der Waals surface area (Å²) in [6.07, 6.45) is 5.18. The summed E-state index contributed by atoms with van der Waals surface area (Å²) < 4.78 is 0. The van der Waals surface area contributed by atoms with Crippen molar-refractivity contribution in [2.45, 2.75) is 27.2 Å². The lowest BCUT2D eigenvalue weighted by Crippen LogP contribution is -1.91. The molecule has 70 valence electrons. The van der Waals surface area contributed by atoms with Gasteiger partial charge in [-0.05, 0) is 18.4 Å². The van der Waals surface area contributed by atoms with Crippen molar-refractivity contribution in [2.24, 2.45) is 10.9 Å². The Balaban J connectivity index is 3.84. The molecule has 0 aromatic heterocycles. The Labute approximate surface area is 75.0 Å². The first-order chi connectivity index (χ1) is 5.70. The van der Waals surface area contributed by atoms with E-state index < -0.39 is 0 Å². The minimum Gasteiger partial charge on any atom is -0.394 e. The highest BCUT2D eigenvalue weighted by Crippen LogP contribution is 2.04. The molecule has 0 fully saturated rings. The molecule has 0 aliphatic rings. The van der Waals surface area contributed by atoms with E-state index in [0.717, 1.165) is 6.42 Å². The third-order valence-corrected chi connectivity index (χ3v) is 1.72. The summed E-state index contributed by atoms with van der Waals surface area (Å²) in [5.41, 5.74) is 1.18. The smallest absolute Gasteiger partial charge is 0.0626 e. The van der Waals surface area contributed by atoms with Crippen molar-refractivity contribution in [3.8, 4) is 0 Å². The maximum atomic E-state index is 8.47. The second-order valence-electron chi connectivity index (χ2n) is 3.06. The maximum absolute atomic E-state index is 8.47. The van der Waals surface area contributed by atoms with Gasteiger partial charge in [0.2, 0.25) is 0 Å². The molecular formula is C10H19NO. The molecule has 0 bridgehead atoms. The summed E-state index contributed by atoms with van der Waals surface area (Å²) in [4.78, 5) is 4.03. The van der Waals surface area contributed by atoms with E-state index in [9.17, 15) is 0 Å². The van der Waals surface area contributed by atoms with Gasteiger partial charge in [-0.3, -0.25) is 4.99 Å². The van der Waals surface area contributed by atoms with Gasteiger partial charge in [0.1, 0.15) is 0 Å². The fraction of sp³-hybridized carbons (Fsp3) is 0.700. The highest BCUT2D eigenvalue weighted by atomic mass is 16.3. The number of aliphatic hydroxyl groups is 1. The van der Waals surface area contributed by atoms with Crippen LogP contribution in [-0.4, -0.2) is 24.5 Å². The third kappa shape index (κ3) is 6.10. The van der Waals surface area contributed by atoms with E-state index in [-0.39, 0.29) is 6.61 Å². The normalized spacial score (nSPS) is 15.5. The number of allylic oxidation sites excluding steroid dienone is 2. The Hall–Kier alpha value is -0.630. The molecule has 0 aromatic rings. The molecule has 0 heterocycles. The van der Waals surface area contributed by atoms with Crippen LogP contribution in [-0.2, 0) is 0 Å². The molecule has 0 aromatic carbocycles. The number of hydrogen-bond acceptors (Lipinski definition) is 2. The molecule has 1 atom stereocenters. The van der Waals surface area contributed by atoms with Crippen molar-refractivity contribution in [1.82, 2.24) is 0 Å². The lowest BCUT2D eigenvalue weighted by molar-refractivity contribution is 0.307. The molecule has 0 rings (SSSR count). The Morgan fingerprint density at radius 2 is 2.25 bits per heavy atom. The predicted molar refractivity (Wildman–Crippen MR) is 53.7 cm³/mol. The van der Waals surface area contributed by atoms with E-state index in [1.54, 1.807) is 0 Å². The van der Waals surface area contributed by atoms with Crippen LogP contribution < -0.4 is 0 Å². The Kier molecular flexibility index (Phi) is 6.67. The molecule has 12 heavy (non-hydrogen) atoms. The summed E-state index contributed by atoms with van der Waals surface area (Å²) >= 11 is 0. The third-order valence-electron chi connectivity index (χ3n) is 1.72. The predicted octanol–water partition coefficient (Wildman–Crippen LogP) is 2.04. The average Bonchev–Trinajstić information content (AvgIpc) is 2.05. The minimum atomic E-state index is 0.132. The van der Waals surface area contributed by atoms with Crippen molar-refractivity contribution in [3.05, 3.63) is 11.6 Å². The van der Waals surface area contributed by atoms with Crippen molar-refractivity contribution in [1.29, 1.82) is 0 Å². The zero-order valence-corrected chi connectivity index (χ0v) is 8.25. The fourth-order valence-electron chi connectivity index (χ4n) is 0.876. The molecule has 1 N–H and O–H groups in total. The molecule has 1 unspecified atom stereocenters. The van der Waals surface area contributed by atoms with E-state index in [4.69, 9.17) is 5.11 Å². The molecule has 2 nitrogen and oxygen atoms in total. The lowest BCUT2D eigenvalue weighted by Gasteiger charge is -2.00. The van der Waals surface area contributed by atoms with Crippen LogP contribution in [0.15, 0.2) is 16.6 Å². The second-order valence-corrected chi connectivity index (χ2v) is 3.06. The van der Waals surface area contributed by atoms with E-state index >= 15 is 0 Å². The van der Waals surface area contributed by atoms with E-state index in [1.165, 1.54) is 5.57 Å². The van der Waals surface area contributed by atoms with Gasteiger partial charge in [0.05, 0.1) is 13.2 Å². The number of rotatable bonds is 5. The molecule has 0 aliphatic carbocycles. The fourth-order valence-corrected chi connectivity index (χ4v) is 0.876. The van der Waals surface area contributed by atoms with Crippen LogP contribution in [0.3, 0.4) is 0 Å². The zero-order chi connectivity index (χ0) is 9.40. The summed E-state index contributed by atoms with van der Waals surface area (Å²) in [6, 6.07) is 0. The Morgan fingerprint density at radius 1 is 1.58 bits per heavy atom. The summed E-state index contributed by atoms with van der Waals surface area (Å²) in [7, 11) is 0.